The summed E-state index contributed by atoms with van der Waals surface area (Å²) in [7, 11) is 4.05. The van der Waals surface area contributed by atoms with Crippen molar-refractivity contribution in [2.24, 2.45) is 12.0 Å². The quantitative estimate of drug-likeness (QED) is 0.521. The lowest BCUT2D eigenvalue weighted by Crippen LogP contribution is -2.39. The van der Waals surface area contributed by atoms with E-state index in [0.717, 1.165) is 36.4 Å². The van der Waals surface area contributed by atoms with Crippen molar-refractivity contribution >= 4 is 27.8 Å². The van der Waals surface area contributed by atoms with Gasteiger partial charge in [-0.1, -0.05) is 19.3 Å². The number of nitrogens with zero attached hydrogens (tertiary/aromatic N) is 3. The molecule has 2 N–H and O–H groups in total. The molecule has 146 valence electrons. The molecule has 1 fully saturated rings. The molecule has 6 nitrogen and oxygen atoms in total. The van der Waals surface area contributed by atoms with Crippen LogP contribution in [0.4, 0.5) is 0 Å². The summed E-state index contributed by atoms with van der Waals surface area (Å²) < 4.78 is 3.17. The Balaban J connectivity index is 1.84. The van der Waals surface area contributed by atoms with Crippen molar-refractivity contribution in [3.8, 4) is 0 Å². The number of rotatable bonds is 7. The summed E-state index contributed by atoms with van der Waals surface area (Å²) in [6.07, 6.45) is 8.48. The SMILES string of the molecule is CCNC(=NCCC(=O)NC1CCCCC1)N(C)Cc1cc(Br)cn1C. The molecule has 1 aliphatic rings. The summed E-state index contributed by atoms with van der Waals surface area (Å²) in [6.45, 7) is 4.11. The van der Waals surface area contributed by atoms with Crippen molar-refractivity contribution in [1.82, 2.24) is 20.1 Å². The molecule has 1 aromatic heterocycles. The van der Waals surface area contributed by atoms with Gasteiger partial charge in [0.25, 0.3) is 0 Å². The first-order valence-electron chi connectivity index (χ1n) is 9.59. The van der Waals surface area contributed by atoms with Gasteiger partial charge >= 0.3 is 0 Å². The fraction of sp³-hybridized carbons (Fsp3) is 0.684. The Morgan fingerprint density at radius 2 is 2.12 bits per heavy atom. The highest BCUT2D eigenvalue weighted by atomic mass is 79.9. The molecular weight excluding hydrogens is 394 g/mol. The third-order valence-electron chi connectivity index (χ3n) is 4.74. The van der Waals surface area contributed by atoms with E-state index in [0.29, 0.717) is 19.0 Å². The lowest BCUT2D eigenvalue weighted by Gasteiger charge is -2.23. The molecule has 0 spiro atoms. The molecule has 0 atom stereocenters. The van der Waals surface area contributed by atoms with Crippen LogP contribution in [0.15, 0.2) is 21.7 Å². The highest BCUT2D eigenvalue weighted by molar-refractivity contribution is 9.10. The van der Waals surface area contributed by atoms with Crippen molar-refractivity contribution in [2.45, 2.75) is 58.0 Å². The van der Waals surface area contributed by atoms with Crippen molar-refractivity contribution in [2.75, 3.05) is 20.1 Å². The van der Waals surface area contributed by atoms with E-state index in [4.69, 9.17) is 0 Å². The van der Waals surface area contributed by atoms with E-state index in [9.17, 15) is 4.79 Å². The number of hydrogen-bond acceptors (Lipinski definition) is 2. The number of aromatic nitrogens is 1. The van der Waals surface area contributed by atoms with Crippen molar-refractivity contribution in [3.63, 3.8) is 0 Å². The first-order chi connectivity index (χ1) is 12.5. The Morgan fingerprint density at radius 3 is 2.73 bits per heavy atom. The maximum Gasteiger partial charge on any atom is 0.222 e. The van der Waals surface area contributed by atoms with Crippen LogP contribution in [-0.4, -0.2) is 47.5 Å². The van der Waals surface area contributed by atoms with Crippen LogP contribution in [-0.2, 0) is 18.4 Å². The Morgan fingerprint density at radius 1 is 1.38 bits per heavy atom. The molecule has 0 aliphatic heterocycles. The van der Waals surface area contributed by atoms with Gasteiger partial charge in [0.2, 0.25) is 5.91 Å². The molecule has 0 unspecified atom stereocenters. The monoisotopic (exact) mass is 425 g/mol. The number of hydrogen-bond donors (Lipinski definition) is 2. The highest BCUT2D eigenvalue weighted by Crippen LogP contribution is 2.17. The molecule has 1 amide bonds. The minimum atomic E-state index is 0.116. The van der Waals surface area contributed by atoms with E-state index in [1.165, 1.54) is 25.0 Å². The van der Waals surface area contributed by atoms with E-state index >= 15 is 0 Å². The van der Waals surface area contributed by atoms with Crippen LogP contribution in [0.25, 0.3) is 0 Å². The van der Waals surface area contributed by atoms with Crippen LogP contribution >= 0.6 is 15.9 Å². The van der Waals surface area contributed by atoms with Crippen LogP contribution in [0, 0.1) is 0 Å². The Hall–Kier alpha value is -1.50. The fourth-order valence-corrected chi connectivity index (χ4v) is 3.89. The van der Waals surface area contributed by atoms with Crippen LogP contribution in [0.2, 0.25) is 0 Å². The van der Waals surface area contributed by atoms with Gasteiger partial charge in [-0.15, -0.1) is 0 Å². The summed E-state index contributed by atoms with van der Waals surface area (Å²) in [5.74, 6) is 0.945. The largest absolute Gasteiger partial charge is 0.357 e. The van der Waals surface area contributed by atoms with Gasteiger partial charge in [-0.05, 0) is 41.8 Å². The lowest BCUT2D eigenvalue weighted by molar-refractivity contribution is -0.121. The van der Waals surface area contributed by atoms with Crippen LogP contribution in [0.1, 0.15) is 51.1 Å². The predicted octanol–water partition coefficient (Wildman–Crippen LogP) is 3.02. The molecule has 1 heterocycles. The molecule has 1 saturated carbocycles. The molecule has 1 aromatic rings. The second kappa shape index (κ2) is 10.6. The van der Waals surface area contributed by atoms with Crippen molar-refractivity contribution < 1.29 is 4.79 Å². The molecular formula is C19H32BrN5O. The molecule has 7 heteroatoms. The summed E-state index contributed by atoms with van der Waals surface area (Å²) in [5, 5.41) is 6.46. The predicted molar refractivity (Wildman–Crippen MR) is 110 cm³/mol. The third-order valence-corrected chi connectivity index (χ3v) is 5.17. The van der Waals surface area contributed by atoms with Crippen molar-refractivity contribution in [3.05, 3.63) is 22.4 Å². The number of amides is 1. The molecule has 2 rings (SSSR count). The fourth-order valence-electron chi connectivity index (χ4n) is 3.32. The summed E-state index contributed by atoms with van der Waals surface area (Å²) in [5.41, 5.74) is 1.19. The van der Waals surface area contributed by atoms with Crippen molar-refractivity contribution in [1.29, 1.82) is 0 Å². The standard InChI is InChI=1S/C19H32BrN5O/c1-4-21-19(25(3)14-17-12-15(20)13-24(17)2)22-11-10-18(26)23-16-8-6-5-7-9-16/h12-13,16H,4-11,14H2,1-3H3,(H,21,22)(H,23,26). The molecule has 0 saturated heterocycles. The van der Waals surface area contributed by atoms with E-state index in [2.05, 4.69) is 54.0 Å². The van der Waals surface area contributed by atoms with E-state index in [1.807, 2.05) is 20.3 Å². The van der Waals surface area contributed by atoms with E-state index in [1.54, 1.807) is 0 Å². The Bertz CT molecular complexity index is 607. The molecule has 26 heavy (non-hydrogen) atoms. The minimum Gasteiger partial charge on any atom is -0.357 e. The van der Waals surface area contributed by atoms with Crippen LogP contribution in [0.5, 0.6) is 0 Å². The third kappa shape index (κ3) is 6.67. The minimum absolute atomic E-state index is 0.116. The Labute approximate surface area is 165 Å². The maximum atomic E-state index is 12.1. The zero-order chi connectivity index (χ0) is 18.9. The lowest BCUT2D eigenvalue weighted by atomic mass is 9.95. The second-order valence-electron chi connectivity index (χ2n) is 7.00. The van der Waals surface area contributed by atoms with Gasteiger partial charge in [-0.2, -0.15) is 0 Å². The highest BCUT2D eigenvalue weighted by Gasteiger charge is 2.15. The topological polar surface area (TPSA) is 61.7 Å². The number of halogens is 1. The van der Waals surface area contributed by atoms with Gasteiger partial charge in [0.15, 0.2) is 5.96 Å². The average Bonchev–Trinajstić information content (AvgIpc) is 2.92. The number of aliphatic imine (C=N–C) groups is 1. The van der Waals surface area contributed by atoms with Crippen LogP contribution < -0.4 is 10.6 Å². The smallest absolute Gasteiger partial charge is 0.222 e. The average molecular weight is 426 g/mol. The number of carbonyl (C=O) groups is 1. The molecule has 0 radical (unpaired) electrons. The normalized spacial score (nSPS) is 15.8. The maximum absolute atomic E-state index is 12.1. The van der Waals surface area contributed by atoms with Gasteiger partial charge < -0.3 is 20.1 Å². The van der Waals surface area contributed by atoms with Gasteiger partial charge in [-0.3, -0.25) is 9.79 Å². The van der Waals surface area contributed by atoms with E-state index < -0.39 is 0 Å². The summed E-state index contributed by atoms with van der Waals surface area (Å²) >= 11 is 3.51. The Kier molecular flexibility index (Phi) is 8.48. The van der Waals surface area contributed by atoms with Gasteiger partial charge in [0.05, 0.1) is 13.1 Å². The number of aryl methyl sites for hydroxylation is 1. The van der Waals surface area contributed by atoms with Gasteiger partial charge in [0, 0.05) is 49.5 Å². The number of nitrogens with one attached hydrogen (secondary N) is 2. The first-order valence-corrected chi connectivity index (χ1v) is 10.4. The zero-order valence-corrected chi connectivity index (χ0v) is 17.8. The molecule has 1 aliphatic carbocycles. The van der Waals surface area contributed by atoms with Gasteiger partial charge in [0.1, 0.15) is 0 Å². The van der Waals surface area contributed by atoms with Crippen LogP contribution in [0.3, 0.4) is 0 Å². The van der Waals surface area contributed by atoms with E-state index in [-0.39, 0.29) is 5.91 Å². The first kappa shape index (κ1) is 20.8. The molecule has 0 bridgehead atoms. The number of guanidine groups is 1. The zero-order valence-electron chi connectivity index (χ0n) is 16.2. The molecule has 0 aromatic carbocycles. The second-order valence-corrected chi connectivity index (χ2v) is 7.92. The summed E-state index contributed by atoms with van der Waals surface area (Å²) in [6, 6.07) is 2.48. The van der Waals surface area contributed by atoms with Gasteiger partial charge in [-0.25, -0.2) is 0 Å². The summed E-state index contributed by atoms with van der Waals surface area (Å²) in [4.78, 5) is 18.9. The number of carbonyl (C=O) groups excluding carboxylic acids is 1.